The van der Waals surface area contributed by atoms with E-state index in [-0.39, 0.29) is 11.6 Å². The lowest BCUT2D eigenvalue weighted by molar-refractivity contribution is 0.103. The van der Waals surface area contributed by atoms with E-state index in [1.807, 2.05) is 11.6 Å². The van der Waals surface area contributed by atoms with Gasteiger partial charge in [-0.3, -0.25) is 16.0 Å². The number of likely N-dealkylation sites (N-methyl/N-ethyl adjacent to an activating group) is 1. The smallest absolute Gasteiger partial charge is 0.0847 e. The number of hydrazine groups is 1. The van der Waals surface area contributed by atoms with E-state index in [0.29, 0.717) is 0 Å². The van der Waals surface area contributed by atoms with Gasteiger partial charge in [-0.15, -0.1) is 0 Å². The highest BCUT2D eigenvalue weighted by Crippen LogP contribution is 2.38. The molecule has 1 aromatic rings. The zero-order valence-electron chi connectivity index (χ0n) is 13.6. The molecule has 1 unspecified atom stereocenters. The zero-order chi connectivity index (χ0) is 15.6. The Bertz CT molecular complexity index is 477. The van der Waals surface area contributed by atoms with Crippen molar-refractivity contribution in [2.24, 2.45) is 5.84 Å². The molecule has 0 aliphatic heterocycles. The summed E-state index contributed by atoms with van der Waals surface area (Å²) in [5.41, 5.74) is 5.16. The SMILES string of the molecule is CCn1nc(C)c(Cl)c1CC(NN)C1(N(C)C)CCCC1. The third-order valence-corrected chi connectivity index (χ3v) is 5.55. The predicted molar refractivity (Wildman–Crippen MR) is 87.3 cm³/mol. The summed E-state index contributed by atoms with van der Waals surface area (Å²) in [6, 6.07) is 0.175. The van der Waals surface area contributed by atoms with Gasteiger partial charge in [0, 0.05) is 24.5 Å². The molecule has 0 radical (unpaired) electrons. The van der Waals surface area contributed by atoms with Crippen molar-refractivity contribution in [1.82, 2.24) is 20.1 Å². The average Bonchev–Trinajstić information content (AvgIpc) is 3.05. The van der Waals surface area contributed by atoms with Crippen molar-refractivity contribution in [1.29, 1.82) is 0 Å². The average molecular weight is 314 g/mol. The molecule has 0 bridgehead atoms. The van der Waals surface area contributed by atoms with Gasteiger partial charge in [0.1, 0.15) is 0 Å². The van der Waals surface area contributed by atoms with Crippen molar-refractivity contribution in [3.05, 3.63) is 16.4 Å². The van der Waals surface area contributed by atoms with Gasteiger partial charge >= 0.3 is 0 Å². The van der Waals surface area contributed by atoms with E-state index in [2.05, 4.69) is 36.4 Å². The summed E-state index contributed by atoms with van der Waals surface area (Å²) in [5.74, 6) is 5.92. The number of rotatable bonds is 6. The molecule has 6 heteroatoms. The van der Waals surface area contributed by atoms with E-state index in [9.17, 15) is 0 Å². The number of nitrogens with one attached hydrogen (secondary N) is 1. The highest BCUT2D eigenvalue weighted by atomic mass is 35.5. The Morgan fingerprint density at radius 3 is 2.52 bits per heavy atom. The van der Waals surface area contributed by atoms with Crippen molar-refractivity contribution in [2.75, 3.05) is 14.1 Å². The van der Waals surface area contributed by atoms with Crippen LogP contribution in [0.5, 0.6) is 0 Å². The van der Waals surface area contributed by atoms with E-state index >= 15 is 0 Å². The van der Waals surface area contributed by atoms with Gasteiger partial charge in [-0.2, -0.15) is 5.10 Å². The van der Waals surface area contributed by atoms with E-state index < -0.39 is 0 Å². The second-order valence-corrected chi connectivity index (χ2v) is 6.67. The summed E-state index contributed by atoms with van der Waals surface area (Å²) >= 11 is 6.46. The third kappa shape index (κ3) is 2.97. The monoisotopic (exact) mass is 313 g/mol. The second-order valence-electron chi connectivity index (χ2n) is 6.29. The summed E-state index contributed by atoms with van der Waals surface area (Å²) in [6.07, 6.45) is 5.67. The minimum atomic E-state index is 0.106. The lowest BCUT2D eigenvalue weighted by Gasteiger charge is -2.43. The molecule has 21 heavy (non-hydrogen) atoms. The first kappa shape index (κ1) is 16.7. The van der Waals surface area contributed by atoms with Crippen molar-refractivity contribution < 1.29 is 0 Å². The molecule has 0 amide bonds. The van der Waals surface area contributed by atoms with Gasteiger partial charge < -0.3 is 4.90 Å². The molecule has 5 nitrogen and oxygen atoms in total. The van der Waals surface area contributed by atoms with E-state index in [0.717, 1.165) is 29.4 Å². The maximum absolute atomic E-state index is 6.46. The van der Waals surface area contributed by atoms with Crippen LogP contribution in [0.2, 0.25) is 5.02 Å². The lowest BCUT2D eigenvalue weighted by atomic mass is 9.84. The maximum atomic E-state index is 6.46. The molecular weight excluding hydrogens is 286 g/mol. The molecule has 1 aliphatic carbocycles. The fourth-order valence-corrected chi connectivity index (χ4v) is 3.97. The molecule has 3 N–H and O–H groups in total. The first-order chi connectivity index (χ1) is 9.96. The molecule has 1 aromatic heterocycles. The predicted octanol–water partition coefficient (Wildman–Crippen LogP) is 2.11. The van der Waals surface area contributed by atoms with Gasteiger partial charge in [-0.1, -0.05) is 24.4 Å². The van der Waals surface area contributed by atoms with Crippen LogP contribution in [0.25, 0.3) is 0 Å². The Morgan fingerprint density at radius 1 is 1.43 bits per heavy atom. The summed E-state index contributed by atoms with van der Waals surface area (Å²) in [7, 11) is 4.30. The lowest BCUT2D eigenvalue weighted by Crippen LogP contribution is -2.60. The van der Waals surface area contributed by atoms with Gasteiger partial charge in [-0.25, -0.2) is 0 Å². The van der Waals surface area contributed by atoms with Crippen molar-refractivity contribution in [2.45, 2.75) is 64.1 Å². The summed E-state index contributed by atoms with van der Waals surface area (Å²) in [5, 5.41) is 5.29. The van der Waals surface area contributed by atoms with E-state index in [1.165, 1.54) is 25.7 Å². The Morgan fingerprint density at radius 2 is 2.05 bits per heavy atom. The van der Waals surface area contributed by atoms with Crippen molar-refractivity contribution in [3.8, 4) is 0 Å². The van der Waals surface area contributed by atoms with Crippen LogP contribution in [0.1, 0.15) is 44.0 Å². The van der Waals surface area contributed by atoms with Gasteiger partial charge in [0.15, 0.2) is 0 Å². The quantitative estimate of drug-likeness (QED) is 0.624. The minimum absolute atomic E-state index is 0.106. The number of hydrogen-bond donors (Lipinski definition) is 2. The highest BCUT2D eigenvalue weighted by molar-refractivity contribution is 6.31. The number of hydrogen-bond acceptors (Lipinski definition) is 4. The Labute approximate surface area is 132 Å². The topological polar surface area (TPSA) is 59.1 Å². The van der Waals surface area contributed by atoms with Gasteiger partial charge in [0.2, 0.25) is 0 Å². The second kappa shape index (κ2) is 6.65. The van der Waals surface area contributed by atoms with Crippen LogP contribution in [0.4, 0.5) is 0 Å². The summed E-state index contributed by atoms with van der Waals surface area (Å²) < 4.78 is 2.00. The standard InChI is InChI=1S/C15H28ClN5/c1-5-21-12(14(16)11(2)19-21)10-13(18-17)15(20(3)4)8-6-7-9-15/h13,18H,5-10,17H2,1-4H3. The number of aromatic nitrogens is 2. The highest BCUT2D eigenvalue weighted by Gasteiger charge is 2.43. The van der Waals surface area contributed by atoms with Crippen molar-refractivity contribution >= 4 is 11.6 Å². The number of nitrogens with two attached hydrogens (primary N) is 1. The van der Waals surface area contributed by atoms with Gasteiger partial charge in [-0.05, 0) is 40.8 Å². The minimum Gasteiger partial charge on any atom is -0.302 e. The van der Waals surface area contributed by atoms with Crippen LogP contribution >= 0.6 is 11.6 Å². The Kier molecular flexibility index (Phi) is 5.30. The van der Waals surface area contributed by atoms with Crippen LogP contribution in [-0.2, 0) is 13.0 Å². The Balaban J connectivity index is 2.31. The molecule has 1 aliphatic rings. The number of nitrogens with zero attached hydrogens (tertiary/aromatic N) is 3. The largest absolute Gasteiger partial charge is 0.302 e. The first-order valence-corrected chi connectivity index (χ1v) is 8.19. The molecular formula is C15H28ClN5. The van der Waals surface area contributed by atoms with Crippen LogP contribution in [-0.4, -0.2) is 40.4 Å². The zero-order valence-corrected chi connectivity index (χ0v) is 14.4. The first-order valence-electron chi connectivity index (χ1n) is 7.81. The fraction of sp³-hybridized carbons (Fsp3) is 0.800. The normalized spacial score (nSPS) is 19.4. The third-order valence-electron chi connectivity index (χ3n) is 5.06. The van der Waals surface area contributed by atoms with Crippen LogP contribution in [0.15, 0.2) is 0 Å². The van der Waals surface area contributed by atoms with Gasteiger partial charge in [0.05, 0.1) is 16.4 Å². The number of aryl methyl sites for hydroxylation is 2. The van der Waals surface area contributed by atoms with Crippen LogP contribution in [0, 0.1) is 6.92 Å². The molecule has 0 spiro atoms. The molecule has 1 saturated carbocycles. The molecule has 0 aromatic carbocycles. The maximum Gasteiger partial charge on any atom is 0.0847 e. The molecule has 1 atom stereocenters. The Hall–Kier alpha value is -0.620. The van der Waals surface area contributed by atoms with Gasteiger partial charge in [0.25, 0.3) is 0 Å². The molecule has 2 rings (SSSR count). The summed E-state index contributed by atoms with van der Waals surface area (Å²) in [6.45, 7) is 4.88. The fourth-order valence-electron chi connectivity index (χ4n) is 3.76. The summed E-state index contributed by atoms with van der Waals surface area (Å²) in [4.78, 5) is 2.33. The molecule has 1 fully saturated rings. The number of halogens is 1. The molecule has 0 saturated heterocycles. The molecule has 120 valence electrons. The van der Waals surface area contributed by atoms with E-state index in [4.69, 9.17) is 17.4 Å². The van der Waals surface area contributed by atoms with Crippen LogP contribution < -0.4 is 11.3 Å². The van der Waals surface area contributed by atoms with E-state index in [1.54, 1.807) is 0 Å². The molecule has 1 heterocycles. The van der Waals surface area contributed by atoms with Crippen molar-refractivity contribution in [3.63, 3.8) is 0 Å². The van der Waals surface area contributed by atoms with Crippen LogP contribution in [0.3, 0.4) is 0 Å².